The van der Waals surface area contributed by atoms with Crippen molar-refractivity contribution in [2.45, 2.75) is 46.3 Å². The van der Waals surface area contributed by atoms with E-state index >= 15 is 0 Å². The Morgan fingerprint density at radius 2 is 1.26 bits per heavy atom. The Balaban J connectivity index is 0.867. The summed E-state index contributed by atoms with van der Waals surface area (Å²) in [6.45, 7) is 7.95. The van der Waals surface area contributed by atoms with Crippen LogP contribution in [0, 0.1) is 20.8 Å². The van der Waals surface area contributed by atoms with E-state index in [-0.39, 0.29) is 17.9 Å². The summed E-state index contributed by atoms with van der Waals surface area (Å²) in [6, 6.07) is 45.4. The number of likely N-dealkylation sites (tertiary alicyclic amines) is 1. The number of carbonyl (C=O) groups is 2. The molecule has 0 aliphatic carbocycles. The third-order valence-electron chi connectivity index (χ3n) is 9.90. The molecule has 6 aromatic carbocycles. The van der Waals surface area contributed by atoms with Gasteiger partial charge in [0.05, 0.1) is 0 Å². The summed E-state index contributed by atoms with van der Waals surface area (Å²) in [5.74, 6) is 1.52. The Labute approximate surface area is 317 Å². The first-order valence-electron chi connectivity index (χ1n) is 18.5. The van der Waals surface area contributed by atoms with Crippen LogP contribution in [0.25, 0.3) is 11.1 Å². The number of nitrogens with zero attached hydrogens (tertiary/aromatic N) is 1. The number of carbonyl (C=O) groups excluding carboxylic acids is 2. The summed E-state index contributed by atoms with van der Waals surface area (Å²) in [5, 5.41) is 6.53. The topological polar surface area (TPSA) is 79.9 Å². The van der Waals surface area contributed by atoms with E-state index in [0.29, 0.717) is 25.3 Å². The number of para-hydroxylation sites is 1. The maximum Gasteiger partial charge on any atom is 0.255 e. The zero-order chi connectivity index (χ0) is 37.4. The predicted octanol–water partition coefficient (Wildman–Crippen LogP) is 10.5. The van der Waals surface area contributed by atoms with Crippen molar-refractivity contribution in [2.24, 2.45) is 0 Å². The van der Waals surface area contributed by atoms with Crippen LogP contribution in [0.4, 0.5) is 17.1 Å². The van der Waals surface area contributed by atoms with Gasteiger partial charge in [-0.1, -0.05) is 78.4 Å². The lowest BCUT2D eigenvalue weighted by Crippen LogP contribution is -2.41. The Morgan fingerprint density at radius 3 is 1.94 bits per heavy atom. The Morgan fingerprint density at radius 1 is 0.648 bits per heavy atom. The second-order valence-corrected chi connectivity index (χ2v) is 13.9. The molecule has 0 unspecified atom stereocenters. The lowest BCUT2D eigenvalue weighted by Gasteiger charge is -2.32. The number of nitrogens with one attached hydrogen (secondary N) is 2. The Hall–Kier alpha value is -6.34. The van der Waals surface area contributed by atoms with Crippen molar-refractivity contribution < 1.29 is 19.1 Å². The number of hydrogen-bond donors (Lipinski definition) is 2. The first-order valence-corrected chi connectivity index (χ1v) is 18.5. The molecule has 7 rings (SSSR count). The van der Waals surface area contributed by atoms with Crippen molar-refractivity contribution in [1.29, 1.82) is 0 Å². The summed E-state index contributed by atoms with van der Waals surface area (Å²) in [6.07, 6.45) is 1.70. The number of benzene rings is 6. The number of amides is 2. The molecule has 7 nitrogen and oxygen atoms in total. The third kappa shape index (κ3) is 8.99. The standard InChI is InChI=1S/C47H45N3O4/c1-32-8-13-39(14-9-32)47(52)50-28-26-43(27-29-50)54-42-22-11-35(12-23-42)31-53-41-24-19-37(20-25-41)36-15-17-38(18-16-36)46(51)48-40-21-10-34(3)45(30-40)49-44-7-5-4-6-33(44)2/h4-25,30,43,49H,26-29,31H2,1-3H3,(H,48,51). The maximum atomic E-state index is 13.1. The van der Waals surface area contributed by atoms with E-state index in [1.165, 1.54) is 0 Å². The van der Waals surface area contributed by atoms with Gasteiger partial charge in [-0.05, 0) is 115 Å². The molecule has 1 saturated heterocycles. The molecule has 0 bridgehead atoms. The van der Waals surface area contributed by atoms with Crippen LogP contribution in [-0.4, -0.2) is 35.9 Å². The monoisotopic (exact) mass is 715 g/mol. The quantitative estimate of drug-likeness (QED) is 0.140. The molecule has 2 amide bonds. The van der Waals surface area contributed by atoms with Crippen molar-refractivity contribution in [3.8, 4) is 22.6 Å². The Kier molecular flexibility index (Phi) is 11.0. The van der Waals surface area contributed by atoms with Crippen LogP contribution in [-0.2, 0) is 6.61 Å². The molecule has 54 heavy (non-hydrogen) atoms. The molecule has 1 aliphatic heterocycles. The van der Waals surface area contributed by atoms with E-state index in [2.05, 4.69) is 23.6 Å². The summed E-state index contributed by atoms with van der Waals surface area (Å²) in [7, 11) is 0. The molecule has 0 aromatic heterocycles. The van der Waals surface area contributed by atoms with Gasteiger partial charge in [0.25, 0.3) is 11.8 Å². The van der Waals surface area contributed by atoms with Crippen molar-refractivity contribution in [1.82, 2.24) is 4.90 Å². The van der Waals surface area contributed by atoms with Crippen molar-refractivity contribution in [3.63, 3.8) is 0 Å². The zero-order valence-corrected chi connectivity index (χ0v) is 31.0. The SMILES string of the molecule is Cc1ccc(C(=O)N2CCC(Oc3ccc(COc4ccc(-c5ccc(C(=O)Nc6ccc(C)c(Nc7ccccc7C)c6)cc5)cc4)cc3)CC2)cc1. The molecule has 1 fully saturated rings. The van der Waals surface area contributed by atoms with E-state index in [4.69, 9.17) is 9.47 Å². The average molecular weight is 716 g/mol. The average Bonchev–Trinajstić information content (AvgIpc) is 3.20. The Bertz CT molecular complexity index is 2210. The van der Waals surface area contributed by atoms with Crippen LogP contribution >= 0.6 is 0 Å². The number of rotatable bonds is 11. The molecule has 0 spiro atoms. The maximum absolute atomic E-state index is 13.1. The molecule has 6 aromatic rings. The van der Waals surface area contributed by atoms with E-state index in [9.17, 15) is 9.59 Å². The number of aryl methyl sites for hydroxylation is 3. The van der Waals surface area contributed by atoms with Crippen LogP contribution in [0.2, 0.25) is 0 Å². The minimum atomic E-state index is -0.164. The number of anilines is 3. The first-order chi connectivity index (χ1) is 26.3. The third-order valence-corrected chi connectivity index (χ3v) is 9.90. The van der Waals surface area contributed by atoms with E-state index in [0.717, 1.165) is 80.3 Å². The van der Waals surface area contributed by atoms with Crippen molar-refractivity contribution in [2.75, 3.05) is 23.7 Å². The van der Waals surface area contributed by atoms with Crippen LogP contribution < -0.4 is 20.1 Å². The smallest absolute Gasteiger partial charge is 0.255 e. The van der Waals surface area contributed by atoms with Crippen LogP contribution in [0.15, 0.2) is 140 Å². The molecule has 1 heterocycles. The normalized spacial score (nSPS) is 12.9. The van der Waals surface area contributed by atoms with Gasteiger partial charge in [-0.3, -0.25) is 9.59 Å². The minimum absolute atomic E-state index is 0.0841. The van der Waals surface area contributed by atoms with Gasteiger partial charge in [-0.25, -0.2) is 0 Å². The van der Waals surface area contributed by atoms with Gasteiger partial charge in [0.15, 0.2) is 0 Å². The summed E-state index contributed by atoms with van der Waals surface area (Å²) in [4.78, 5) is 27.9. The van der Waals surface area contributed by atoms with Gasteiger partial charge in [-0.15, -0.1) is 0 Å². The van der Waals surface area contributed by atoms with Gasteiger partial charge in [0, 0.05) is 54.1 Å². The molecule has 0 saturated carbocycles. The fraction of sp³-hybridized carbons (Fsp3) is 0.191. The largest absolute Gasteiger partial charge is 0.490 e. The first kappa shape index (κ1) is 36.0. The second kappa shape index (κ2) is 16.6. The van der Waals surface area contributed by atoms with Crippen LogP contribution in [0.1, 0.15) is 55.8 Å². The fourth-order valence-corrected chi connectivity index (χ4v) is 6.53. The highest BCUT2D eigenvalue weighted by Gasteiger charge is 2.24. The van der Waals surface area contributed by atoms with Crippen molar-refractivity contribution in [3.05, 3.63) is 173 Å². The summed E-state index contributed by atoms with van der Waals surface area (Å²) < 4.78 is 12.3. The number of hydrogen-bond acceptors (Lipinski definition) is 5. The van der Waals surface area contributed by atoms with E-state index in [1.54, 1.807) is 0 Å². The van der Waals surface area contributed by atoms with Crippen molar-refractivity contribution >= 4 is 28.9 Å². The highest BCUT2D eigenvalue weighted by atomic mass is 16.5. The predicted molar refractivity (Wildman–Crippen MR) is 217 cm³/mol. The highest BCUT2D eigenvalue weighted by molar-refractivity contribution is 6.04. The van der Waals surface area contributed by atoms with Gasteiger partial charge in [0.2, 0.25) is 0 Å². The van der Waals surface area contributed by atoms with Crippen LogP contribution in [0.5, 0.6) is 11.5 Å². The van der Waals surface area contributed by atoms with E-state index < -0.39 is 0 Å². The molecular weight excluding hydrogens is 671 g/mol. The summed E-state index contributed by atoms with van der Waals surface area (Å²) in [5.41, 5.74) is 10.5. The molecule has 0 radical (unpaired) electrons. The molecule has 272 valence electrons. The molecule has 2 N–H and O–H groups in total. The molecule has 0 atom stereocenters. The zero-order valence-electron chi connectivity index (χ0n) is 31.0. The van der Waals surface area contributed by atoms with Gasteiger partial charge >= 0.3 is 0 Å². The lowest BCUT2D eigenvalue weighted by molar-refractivity contribution is 0.0595. The molecule has 7 heteroatoms. The number of ether oxygens (including phenoxy) is 2. The van der Waals surface area contributed by atoms with Gasteiger partial charge < -0.3 is 25.0 Å². The molecule has 1 aliphatic rings. The fourth-order valence-electron chi connectivity index (χ4n) is 6.53. The minimum Gasteiger partial charge on any atom is -0.490 e. The summed E-state index contributed by atoms with van der Waals surface area (Å²) >= 11 is 0. The second-order valence-electron chi connectivity index (χ2n) is 13.9. The van der Waals surface area contributed by atoms with Gasteiger partial charge in [-0.2, -0.15) is 0 Å². The van der Waals surface area contributed by atoms with E-state index in [1.807, 2.05) is 152 Å². The lowest BCUT2D eigenvalue weighted by atomic mass is 10.0. The highest BCUT2D eigenvalue weighted by Crippen LogP contribution is 2.28. The molecular formula is C47H45N3O4. The van der Waals surface area contributed by atoms with Gasteiger partial charge in [0.1, 0.15) is 24.2 Å². The number of piperidine rings is 1. The van der Waals surface area contributed by atoms with Crippen LogP contribution in [0.3, 0.4) is 0 Å².